The Hall–Kier alpha value is -1.02. The smallest absolute Gasteiger partial charge is 0.222 e. The molecule has 0 aliphatic rings. The minimum Gasteiger partial charge on any atom is -0.338 e. The predicted octanol–water partition coefficient (Wildman–Crippen LogP) is 4.14. The molecule has 1 rings (SSSR count). The Labute approximate surface area is 121 Å². The van der Waals surface area contributed by atoms with Gasteiger partial charge in [0.1, 0.15) is 0 Å². The first-order valence-corrected chi connectivity index (χ1v) is 7.60. The van der Waals surface area contributed by atoms with E-state index in [4.69, 9.17) is 11.6 Å². The fourth-order valence-electron chi connectivity index (χ4n) is 2.00. The minimum absolute atomic E-state index is 0.243. The van der Waals surface area contributed by atoms with Crippen LogP contribution in [0.4, 0.5) is 0 Å². The van der Waals surface area contributed by atoms with Crippen LogP contribution in [-0.2, 0) is 11.3 Å². The minimum atomic E-state index is 0.243. The summed E-state index contributed by atoms with van der Waals surface area (Å²) in [7, 11) is 0. The Kier molecular flexibility index (Phi) is 7.57. The number of hydrogen-bond donors (Lipinski definition) is 0. The van der Waals surface area contributed by atoms with Crippen LogP contribution >= 0.6 is 11.6 Å². The number of halogens is 1. The maximum Gasteiger partial charge on any atom is 0.222 e. The van der Waals surface area contributed by atoms with Crippen molar-refractivity contribution in [3.8, 4) is 0 Å². The van der Waals surface area contributed by atoms with E-state index in [1.165, 1.54) is 11.1 Å². The van der Waals surface area contributed by atoms with Gasteiger partial charge >= 0.3 is 0 Å². The van der Waals surface area contributed by atoms with Crippen molar-refractivity contribution in [2.24, 2.45) is 0 Å². The van der Waals surface area contributed by atoms with Crippen LogP contribution in [0.25, 0.3) is 0 Å². The van der Waals surface area contributed by atoms with Gasteiger partial charge in [-0.3, -0.25) is 4.79 Å². The van der Waals surface area contributed by atoms with Crippen LogP contribution in [0.5, 0.6) is 0 Å². The molecule has 0 saturated heterocycles. The van der Waals surface area contributed by atoms with Crippen LogP contribution in [0.2, 0.25) is 0 Å². The van der Waals surface area contributed by atoms with Crippen molar-refractivity contribution >= 4 is 17.5 Å². The molecule has 3 heteroatoms. The monoisotopic (exact) mass is 281 g/mol. The van der Waals surface area contributed by atoms with E-state index in [1.54, 1.807) is 0 Å². The lowest BCUT2D eigenvalue weighted by molar-refractivity contribution is -0.132. The molecule has 0 spiro atoms. The molecule has 2 nitrogen and oxygen atoms in total. The number of aryl methyl sites for hydroxylation is 1. The molecule has 106 valence electrons. The predicted molar refractivity (Wildman–Crippen MR) is 81.5 cm³/mol. The number of benzene rings is 1. The summed E-state index contributed by atoms with van der Waals surface area (Å²) >= 11 is 5.65. The maximum atomic E-state index is 12.2. The van der Waals surface area contributed by atoms with Crippen LogP contribution < -0.4 is 0 Å². The molecule has 0 aromatic heterocycles. The first-order valence-electron chi connectivity index (χ1n) is 7.06. The summed E-state index contributed by atoms with van der Waals surface area (Å²) in [6.45, 7) is 5.72. The topological polar surface area (TPSA) is 20.3 Å². The van der Waals surface area contributed by atoms with Crippen molar-refractivity contribution in [2.45, 2.75) is 46.1 Å². The molecule has 1 aromatic carbocycles. The first kappa shape index (κ1) is 16.0. The summed E-state index contributed by atoms with van der Waals surface area (Å²) in [5.74, 6) is 0.881. The molecule has 1 aromatic rings. The molecule has 0 fully saturated rings. The molecule has 0 saturated carbocycles. The van der Waals surface area contributed by atoms with E-state index in [-0.39, 0.29) is 5.91 Å². The van der Waals surface area contributed by atoms with Gasteiger partial charge in [0.2, 0.25) is 5.91 Å². The highest BCUT2D eigenvalue weighted by atomic mass is 35.5. The van der Waals surface area contributed by atoms with Gasteiger partial charge in [-0.25, -0.2) is 0 Å². The quantitative estimate of drug-likeness (QED) is 0.518. The Morgan fingerprint density at radius 3 is 2.47 bits per heavy atom. The van der Waals surface area contributed by atoms with Gasteiger partial charge < -0.3 is 4.90 Å². The fraction of sp³-hybridized carbons (Fsp3) is 0.562. The first-order chi connectivity index (χ1) is 9.17. The number of nitrogens with zero attached hydrogens (tertiary/aromatic N) is 1. The summed E-state index contributed by atoms with van der Waals surface area (Å²) < 4.78 is 0. The summed E-state index contributed by atoms with van der Waals surface area (Å²) in [5.41, 5.74) is 2.45. The van der Waals surface area contributed by atoms with Gasteiger partial charge in [-0.1, -0.05) is 36.8 Å². The fourth-order valence-corrected chi connectivity index (χ4v) is 2.19. The third-order valence-corrected chi connectivity index (χ3v) is 3.38. The lowest BCUT2D eigenvalue weighted by Crippen LogP contribution is -2.31. The molecule has 19 heavy (non-hydrogen) atoms. The standard InChI is InChI=1S/C16H24ClNO/c1-3-12-18(16(19)6-4-5-11-17)13-15-9-7-14(2)8-10-15/h7-10H,3-6,11-13H2,1-2H3. The van der Waals surface area contributed by atoms with E-state index >= 15 is 0 Å². The second-order valence-corrected chi connectivity index (χ2v) is 5.32. The lowest BCUT2D eigenvalue weighted by atomic mass is 10.1. The SMILES string of the molecule is CCCN(Cc1ccc(C)cc1)C(=O)CCCCCl. The summed E-state index contributed by atoms with van der Waals surface area (Å²) in [5, 5.41) is 0. The van der Waals surface area contributed by atoms with E-state index in [0.717, 1.165) is 25.8 Å². The molecular formula is C16H24ClNO. The van der Waals surface area contributed by atoms with Crippen LogP contribution in [0, 0.1) is 6.92 Å². The van der Waals surface area contributed by atoms with Crippen molar-refractivity contribution in [1.29, 1.82) is 0 Å². The lowest BCUT2D eigenvalue weighted by Gasteiger charge is -2.22. The molecular weight excluding hydrogens is 258 g/mol. The molecule has 0 aliphatic carbocycles. The van der Waals surface area contributed by atoms with Crippen molar-refractivity contribution in [2.75, 3.05) is 12.4 Å². The van der Waals surface area contributed by atoms with E-state index in [1.807, 2.05) is 4.90 Å². The summed E-state index contributed by atoms with van der Waals surface area (Å²) in [6, 6.07) is 8.39. The van der Waals surface area contributed by atoms with Gasteiger partial charge in [-0.15, -0.1) is 11.6 Å². The van der Waals surface area contributed by atoms with Crippen molar-refractivity contribution < 1.29 is 4.79 Å². The van der Waals surface area contributed by atoms with Crippen LogP contribution in [0.3, 0.4) is 0 Å². The van der Waals surface area contributed by atoms with Crippen LogP contribution in [0.15, 0.2) is 24.3 Å². The van der Waals surface area contributed by atoms with E-state index in [0.29, 0.717) is 18.8 Å². The average Bonchev–Trinajstić information content (AvgIpc) is 2.41. The van der Waals surface area contributed by atoms with Gasteiger partial charge in [0.25, 0.3) is 0 Å². The molecule has 0 heterocycles. The normalized spacial score (nSPS) is 10.5. The number of amides is 1. The molecule has 0 N–H and O–H groups in total. The highest BCUT2D eigenvalue weighted by Crippen LogP contribution is 2.10. The third kappa shape index (κ3) is 6.11. The zero-order valence-electron chi connectivity index (χ0n) is 12.0. The number of alkyl halides is 1. The zero-order chi connectivity index (χ0) is 14.1. The zero-order valence-corrected chi connectivity index (χ0v) is 12.7. The second kappa shape index (κ2) is 8.98. The van der Waals surface area contributed by atoms with E-state index in [2.05, 4.69) is 38.1 Å². The molecule has 0 unspecified atom stereocenters. The van der Waals surface area contributed by atoms with Crippen molar-refractivity contribution in [1.82, 2.24) is 4.90 Å². The second-order valence-electron chi connectivity index (χ2n) is 4.95. The highest BCUT2D eigenvalue weighted by Gasteiger charge is 2.12. The Morgan fingerprint density at radius 1 is 1.21 bits per heavy atom. The van der Waals surface area contributed by atoms with Gasteiger partial charge in [0.15, 0.2) is 0 Å². The maximum absolute atomic E-state index is 12.2. The number of unbranched alkanes of at least 4 members (excludes halogenated alkanes) is 1. The van der Waals surface area contributed by atoms with Crippen LogP contribution in [0.1, 0.15) is 43.7 Å². The molecule has 0 atom stereocenters. The van der Waals surface area contributed by atoms with Gasteiger partial charge in [0.05, 0.1) is 0 Å². The van der Waals surface area contributed by atoms with Gasteiger partial charge in [-0.05, 0) is 31.7 Å². The van der Waals surface area contributed by atoms with Crippen molar-refractivity contribution in [3.05, 3.63) is 35.4 Å². The summed E-state index contributed by atoms with van der Waals surface area (Å²) in [4.78, 5) is 14.1. The van der Waals surface area contributed by atoms with Crippen LogP contribution in [-0.4, -0.2) is 23.2 Å². The number of rotatable bonds is 8. The number of carbonyl (C=O) groups excluding carboxylic acids is 1. The number of carbonyl (C=O) groups is 1. The van der Waals surface area contributed by atoms with E-state index < -0.39 is 0 Å². The Morgan fingerprint density at radius 2 is 1.89 bits per heavy atom. The largest absolute Gasteiger partial charge is 0.338 e. The molecule has 0 radical (unpaired) electrons. The average molecular weight is 282 g/mol. The van der Waals surface area contributed by atoms with Gasteiger partial charge in [-0.2, -0.15) is 0 Å². The van der Waals surface area contributed by atoms with Crippen molar-refractivity contribution in [3.63, 3.8) is 0 Å². The Bertz CT molecular complexity index is 375. The molecule has 1 amide bonds. The van der Waals surface area contributed by atoms with E-state index in [9.17, 15) is 4.79 Å². The Balaban J connectivity index is 2.56. The van der Waals surface area contributed by atoms with Gasteiger partial charge in [0, 0.05) is 25.4 Å². The number of hydrogen-bond acceptors (Lipinski definition) is 1. The molecule has 0 aliphatic heterocycles. The summed E-state index contributed by atoms with van der Waals surface area (Å²) in [6.07, 6.45) is 3.40. The third-order valence-electron chi connectivity index (χ3n) is 3.11. The highest BCUT2D eigenvalue weighted by molar-refractivity contribution is 6.17. The molecule has 0 bridgehead atoms.